The number of hydrogen-bond donors (Lipinski definition) is 2. The third-order valence-electron chi connectivity index (χ3n) is 5.33. The van der Waals surface area contributed by atoms with Crippen LogP contribution in [0.1, 0.15) is 12.5 Å². The lowest BCUT2D eigenvalue weighted by Crippen LogP contribution is -2.22. The van der Waals surface area contributed by atoms with Gasteiger partial charge < -0.3 is 10.1 Å². The van der Waals surface area contributed by atoms with Crippen LogP contribution in [0, 0.1) is 11.3 Å². The Labute approximate surface area is 234 Å². The zero-order valence-corrected chi connectivity index (χ0v) is 23.0. The van der Waals surface area contributed by atoms with Gasteiger partial charge in [-0.2, -0.15) is 5.26 Å². The lowest BCUT2D eigenvalue weighted by Gasteiger charge is -2.14. The van der Waals surface area contributed by atoms with Gasteiger partial charge in [0.25, 0.3) is 10.0 Å². The molecule has 0 saturated heterocycles. The summed E-state index contributed by atoms with van der Waals surface area (Å²) in [5, 5.41) is 19.5. The Balaban J connectivity index is 1.43. The maximum Gasteiger partial charge on any atom is 0.263 e. The molecular formula is C26H21ClN6O4S2. The number of methoxy groups -OCH3 is 1. The fraction of sp³-hybridized carbons (Fsp3) is 0.115. The monoisotopic (exact) mass is 580 g/mol. The quantitative estimate of drug-likeness (QED) is 0.261. The van der Waals surface area contributed by atoms with Crippen molar-refractivity contribution >= 4 is 50.8 Å². The Morgan fingerprint density at radius 1 is 1.03 bits per heavy atom. The Bertz CT molecular complexity index is 1630. The standard InChI is InChI=1S/C26H21ClN6O4S2/c1-16(38-26-18(15-28)5-12-22(30-26)17-3-8-20(37-2)9-4-17)25(34)29-19-6-10-21(11-7-19)39(35,36)33-24-14-13-23(27)31-32-24/h3-14,16H,1-2H3,(H,29,34)(H,32,33). The molecule has 0 aliphatic rings. The smallest absolute Gasteiger partial charge is 0.263 e. The van der Waals surface area contributed by atoms with Crippen molar-refractivity contribution in [1.29, 1.82) is 5.26 Å². The summed E-state index contributed by atoms with van der Waals surface area (Å²) in [7, 11) is -2.34. The molecule has 0 aliphatic carbocycles. The number of amides is 1. The number of anilines is 2. The molecule has 198 valence electrons. The number of benzene rings is 2. The molecule has 10 nitrogen and oxygen atoms in total. The number of nitrogens with one attached hydrogen (secondary N) is 2. The van der Waals surface area contributed by atoms with E-state index in [9.17, 15) is 18.5 Å². The molecule has 0 saturated carbocycles. The molecule has 39 heavy (non-hydrogen) atoms. The van der Waals surface area contributed by atoms with Gasteiger partial charge in [0.15, 0.2) is 11.0 Å². The van der Waals surface area contributed by atoms with Gasteiger partial charge in [-0.3, -0.25) is 9.52 Å². The SMILES string of the molecule is COc1ccc(-c2ccc(C#N)c(SC(C)C(=O)Nc3ccc(S(=O)(=O)Nc4ccc(Cl)nn4)cc3)n2)cc1. The normalized spacial score (nSPS) is 11.7. The van der Waals surface area contributed by atoms with Crippen LogP contribution < -0.4 is 14.8 Å². The van der Waals surface area contributed by atoms with Crippen LogP contribution in [-0.2, 0) is 14.8 Å². The van der Waals surface area contributed by atoms with Gasteiger partial charge in [0.05, 0.1) is 28.5 Å². The lowest BCUT2D eigenvalue weighted by molar-refractivity contribution is -0.115. The third kappa shape index (κ3) is 7.02. The second-order valence-corrected chi connectivity index (χ2v) is 11.4. The van der Waals surface area contributed by atoms with Gasteiger partial charge in [-0.25, -0.2) is 13.4 Å². The maximum atomic E-state index is 12.9. The van der Waals surface area contributed by atoms with Crippen LogP contribution in [0.5, 0.6) is 5.75 Å². The molecule has 1 atom stereocenters. The van der Waals surface area contributed by atoms with Crippen molar-refractivity contribution in [2.45, 2.75) is 22.1 Å². The minimum Gasteiger partial charge on any atom is -0.497 e. The molecule has 2 aromatic carbocycles. The Kier molecular flexibility index (Phi) is 8.65. The van der Waals surface area contributed by atoms with Gasteiger partial charge in [0.1, 0.15) is 16.8 Å². The number of ether oxygens (including phenoxy) is 1. The van der Waals surface area contributed by atoms with E-state index in [4.69, 9.17) is 16.3 Å². The van der Waals surface area contributed by atoms with Crippen LogP contribution >= 0.6 is 23.4 Å². The number of carbonyl (C=O) groups is 1. The van der Waals surface area contributed by atoms with Crippen molar-refractivity contribution in [2.24, 2.45) is 0 Å². The molecule has 2 N–H and O–H groups in total. The number of nitriles is 1. The van der Waals surface area contributed by atoms with Crippen molar-refractivity contribution in [2.75, 3.05) is 17.1 Å². The van der Waals surface area contributed by atoms with Gasteiger partial charge in [-0.05, 0) is 79.7 Å². The second kappa shape index (κ2) is 12.1. The largest absolute Gasteiger partial charge is 0.497 e. The first-order valence-electron chi connectivity index (χ1n) is 11.3. The summed E-state index contributed by atoms with van der Waals surface area (Å²) in [4.78, 5) is 17.5. The third-order valence-corrected chi connectivity index (χ3v) is 8.00. The average Bonchev–Trinajstić information content (AvgIpc) is 2.94. The highest BCUT2D eigenvalue weighted by molar-refractivity contribution is 8.00. The average molecular weight is 581 g/mol. The molecular weight excluding hydrogens is 560 g/mol. The first-order valence-corrected chi connectivity index (χ1v) is 14.1. The summed E-state index contributed by atoms with van der Waals surface area (Å²) < 4.78 is 32.7. The number of pyridine rings is 1. The van der Waals surface area contributed by atoms with E-state index in [1.165, 1.54) is 36.4 Å². The molecule has 4 rings (SSSR count). The fourth-order valence-corrected chi connectivity index (χ4v) is 5.28. The van der Waals surface area contributed by atoms with Crippen LogP contribution in [-0.4, -0.2) is 41.9 Å². The van der Waals surface area contributed by atoms with E-state index in [2.05, 4.69) is 31.3 Å². The number of nitrogens with zero attached hydrogens (tertiary/aromatic N) is 4. The van der Waals surface area contributed by atoms with E-state index < -0.39 is 15.3 Å². The van der Waals surface area contributed by atoms with E-state index in [-0.39, 0.29) is 21.8 Å². The summed E-state index contributed by atoms with van der Waals surface area (Å²) in [5.74, 6) is 0.389. The molecule has 0 radical (unpaired) electrons. The van der Waals surface area contributed by atoms with Gasteiger partial charge >= 0.3 is 0 Å². The molecule has 0 bridgehead atoms. The summed E-state index contributed by atoms with van der Waals surface area (Å²) in [6.45, 7) is 1.69. The number of rotatable bonds is 9. The molecule has 2 aromatic heterocycles. The first kappa shape index (κ1) is 27.8. The van der Waals surface area contributed by atoms with Crippen molar-refractivity contribution in [3.05, 3.63) is 83.5 Å². The van der Waals surface area contributed by atoms with Crippen molar-refractivity contribution in [3.8, 4) is 23.1 Å². The van der Waals surface area contributed by atoms with E-state index in [1.807, 2.05) is 24.3 Å². The Morgan fingerprint density at radius 3 is 2.36 bits per heavy atom. The Hall–Kier alpha value is -4.18. The number of halogens is 1. The zero-order valence-electron chi connectivity index (χ0n) is 20.6. The van der Waals surface area contributed by atoms with Gasteiger partial charge in [0, 0.05) is 11.3 Å². The second-order valence-electron chi connectivity index (χ2n) is 8.01. The van der Waals surface area contributed by atoms with E-state index in [0.29, 0.717) is 27.7 Å². The number of aromatic nitrogens is 3. The molecule has 2 heterocycles. The molecule has 1 unspecified atom stereocenters. The molecule has 0 spiro atoms. The first-order chi connectivity index (χ1) is 18.7. The van der Waals surface area contributed by atoms with Crippen molar-refractivity contribution in [1.82, 2.24) is 15.2 Å². The summed E-state index contributed by atoms with van der Waals surface area (Å²) in [6, 6.07) is 21.3. The van der Waals surface area contributed by atoms with E-state index >= 15 is 0 Å². The number of carbonyl (C=O) groups excluding carboxylic acids is 1. The van der Waals surface area contributed by atoms with Crippen molar-refractivity contribution in [3.63, 3.8) is 0 Å². The highest BCUT2D eigenvalue weighted by Gasteiger charge is 2.20. The van der Waals surface area contributed by atoms with Crippen LogP contribution in [0.4, 0.5) is 11.5 Å². The predicted molar refractivity (Wildman–Crippen MR) is 149 cm³/mol. The number of sulfonamides is 1. The number of hydrogen-bond acceptors (Lipinski definition) is 9. The highest BCUT2D eigenvalue weighted by Crippen LogP contribution is 2.29. The van der Waals surface area contributed by atoms with Gasteiger partial charge in [-0.15, -0.1) is 10.2 Å². The minimum atomic E-state index is -3.93. The van der Waals surface area contributed by atoms with Crippen LogP contribution in [0.25, 0.3) is 11.3 Å². The van der Waals surface area contributed by atoms with Gasteiger partial charge in [-0.1, -0.05) is 23.4 Å². The molecule has 4 aromatic rings. The molecule has 0 fully saturated rings. The number of thioether (sulfide) groups is 1. The van der Waals surface area contributed by atoms with E-state index in [0.717, 1.165) is 17.3 Å². The molecule has 13 heteroatoms. The molecule has 1 amide bonds. The summed E-state index contributed by atoms with van der Waals surface area (Å²) in [5.41, 5.74) is 2.25. The maximum absolute atomic E-state index is 12.9. The zero-order chi connectivity index (χ0) is 28.0. The van der Waals surface area contributed by atoms with Crippen LogP contribution in [0.3, 0.4) is 0 Å². The minimum absolute atomic E-state index is 0.0176. The molecule has 0 aliphatic heterocycles. The topological polar surface area (TPSA) is 147 Å². The highest BCUT2D eigenvalue weighted by atomic mass is 35.5. The predicted octanol–water partition coefficient (Wildman–Crippen LogP) is 4.99. The van der Waals surface area contributed by atoms with Crippen LogP contribution in [0.2, 0.25) is 5.15 Å². The van der Waals surface area contributed by atoms with E-state index in [1.54, 1.807) is 26.2 Å². The van der Waals surface area contributed by atoms with Crippen molar-refractivity contribution < 1.29 is 17.9 Å². The Morgan fingerprint density at radius 2 is 1.74 bits per heavy atom. The van der Waals surface area contributed by atoms with Crippen LogP contribution in [0.15, 0.2) is 82.7 Å². The fourth-order valence-electron chi connectivity index (χ4n) is 3.29. The summed E-state index contributed by atoms with van der Waals surface area (Å²) in [6.07, 6.45) is 0. The van der Waals surface area contributed by atoms with Gasteiger partial charge in [0.2, 0.25) is 5.91 Å². The lowest BCUT2D eigenvalue weighted by atomic mass is 10.1. The summed E-state index contributed by atoms with van der Waals surface area (Å²) >= 11 is 6.82.